The number of amides is 1. The van der Waals surface area contributed by atoms with Crippen LogP contribution in [0.3, 0.4) is 0 Å². The second-order valence-electron chi connectivity index (χ2n) is 6.84. The van der Waals surface area contributed by atoms with Gasteiger partial charge in [-0.3, -0.25) is 4.79 Å². The molecular weight excluding hydrogens is 340 g/mol. The van der Waals surface area contributed by atoms with Crippen molar-refractivity contribution in [3.8, 4) is 11.5 Å². The summed E-state index contributed by atoms with van der Waals surface area (Å²) >= 11 is 0. The maximum Gasteiger partial charge on any atom is 0.242 e. The molecule has 2 aromatic carbocycles. The molecular formula is C22H28N2O3. The maximum absolute atomic E-state index is 12.7. The summed E-state index contributed by atoms with van der Waals surface area (Å²) < 4.78 is 11.4. The van der Waals surface area contributed by atoms with Gasteiger partial charge in [0, 0.05) is 18.2 Å². The van der Waals surface area contributed by atoms with Gasteiger partial charge in [-0.2, -0.15) is 0 Å². The highest BCUT2D eigenvalue weighted by Gasteiger charge is 2.19. The Morgan fingerprint density at radius 1 is 1.07 bits per heavy atom. The van der Waals surface area contributed by atoms with Gasteiger partial charge in [0.2, 0.25) is 5.91 Å². The summed E-state index contributed by atoms with van der Waals surface area (Å²) in [4.78, 5) is 12.7. The van der Waals surface area contributed by atoms with Gasteiger partial charge in [0.15, 0.2) is 11.5 Å². The molecule has 5 nitrogen and oxygen atoms in total. The quantitative estimate of drug-likeness (QED) is 0.765. The highest BCUT2D eigenvalue weighted by atomic mass is 16.5. The summed E-state index contributed by atoms with van der Waals surface area (Å²) in [7, 11) is 0. The van der Waals surface area contributed by atoms with E-state index in [0.29, 0.717) is 13.2 Å². The average molecular weight is 368 g/mol. The van der Waals surface area contributed by atoms with E-state index in [1.165, 1.54) is 0 Å². The number of ether oxygens (including phenoxy) is 2. The Morgan fingerprint density at radius 3 is 2.56 bits per heavy atom. The third kappa shape index (κ3) is 5.16. The van der Waals surface area contributed by atoms with E-state index in [0.717, 1.165) is 42.0 Å². The first kappa shape index (κ1) is 19.1. The van der Waals surface area contributed by atoms with Crippen molar-refractivity contribution in [3.63, 3.8) is 0 Å². The number of carbonyl (C=O) groups is 1. The molecule has 0 spiro atoms. The number of nitrogens with one attached hydrogen (secondary N) is 2. The Labute approximate surface area is 161 Å². The Hall–Kier alpha value is -2.69. The molecule has 0 radical (unpaired) electrons. The van der Waals surface area contributed by atoms with Crippen LogP contribution in [0.2, 0.25) is 0 Å². The zero-order valence-electron chi connectivity index (χ0n) is 16.0. The number of carbonyl (C=O) groups excluding carboxylic acids is 1. The van der Waals surface area contributed by atoms with E-state index in [2.05, 4.69) is 29.7 Å². The molecule has 2 unspecified atom stereocenters. The fourth-order valence-corrected chi connectivity index (χ4v) is 3.16. The molecule has 2 N–H and O–H groups in total. The number of rotatable bonds is 7. The van der Waals surface area contributed by atoms with Gasteiger partial charge >= 0.3 is 0 Å². The zero-order chi connectivity index (χ0) is 19.1. The van der Waals surface area contributed by atoms with E-state index in [4.69, 9.17) is 9.47 Å². The zero-order valence-corrected chi connectivity index (χ0v) is 16.0. The van der Waals surface area contributed by atoms with Gasteiger partial charge in [-0.05, 0) is 31.0 Å². The van der Waals surface area contributed by atoms with Gasteiger partial charge in [0.05, 0.1) is 19.3 Å². The minimum absolute atomic E-state index is 0.0237. The second-order valence-corrected chi connectivity index (χ2v) is 6.84. The molecule has 0 aliphatic carbocycles. The molecule has 0 saturated heterocycles. The third-order valence-corrected chi connectivity index (χ3v) is 4.62. The minimum Gasteiger partial charge on any atom is -0.490 e. The lowest BCUT2D eigenvalue weighted by atomic mass is 10.0. The van der Waals surface area contributed by atoms with Gasteiger partial charge < -0.3 is 20.1 Å². The maximum atomic E-state index is 12.7. The van der Waals surface area contributed by atoms with Crippen LogP contribution >= 0.6 is 0 Å². The normalized spacial score (nSPS) is 15.3. The molecule has 1 amide bonds. The van der Waals surface area contributed by atoms with Crippen LogP contribution in [0.25, 0.3) is 0 Å². The van der Waals surface area contributed by atoms with E-state index in [9.17, 15) is 4.79 Å². The Kier molecular flexibility index (Phi) is 6.58. The standard InChI is InChI=1S/C22H28N2O3/c1-3-8-19(17-9-5-4-6-10-17)24-22(25)16(2)23-18-11-12-20-21(15-18)27-14-7-13-26-20/h4-6,9-12,15-16,19,23H,3,7-8,13-14H2,1-2H3,(H,24,25). The molecule has 5 heteroatoms. The van der Waals surface area contributed by atoms with Crippen LogP contribution in [0.5, 0.6) is 11.5 Å². The molecule has 0 fully saturated rings. The Balaban J connectivity index is 1.64. The van der Waals surface area contributed by atoms with Crippen molar-refractivity contribution < 1.29 is 14.3 Å². The first-order chi connectivity index (χ1) is 13.2. The van der Waals surface area contributed by atoms with Gasteiger partial charge in [0.25, 0.3) is 0 Å². The molecule has 1 aliphatic rings. The van der Waals surface area contributed by atoms with Crippen molar-refractivity contribution in [1.82, 2.24) is 5.32 Å². The molecule has 1 heterocycles. The van der Waals surface area contributed by atoms with Crippen molar-refractivity contribution >= 4 is 11.6 Å². The van der Waals surface area contributed by atoms with Crippen LogP contribution in [0.15, 0.2) is 48.5 Å². The largest absolute Gasteiger partial charge is 0.490 e. The average Bonchev–Trinajstić information content (AvgIpc) is 2.93. The molecule has 0 saturated carbocycles. The lowest BCUT2D eigenvalue weighted by Gasteiger charge is -2.22. The second kappa shape index (κ2) is 9.31. The van der Waals surface area contributed by atoms with E-state index < -0.39 is 0 Å². The first-order valence-corrected chi connectivity index (χ1v) is 9.69. The molecule has 0 aromatic heterocycles. The number of benzene rings is 2. The Morgan fingerprint density at radius 2 is 1.81 bits per heavy atom. The monoisotopic (exact) mass is 368 g/mol. The summed E-state index contributed by atoms with van der Waals surface area (Å²) in [5.74, 6) is 1.45. The van der Waals surface area contributed by atoms with Crippen molar-refractivity contribution in [2.45, 2.75) is 45.2 Å². The van der Waals surface area contributed by atoms with Gasteiger partial charge in [-0.15, -0.1) is 0 Å². The van der Waals surface area contributed by atoms with Crippen LogP contribution < -0.4 is 20.1 Å². The first-order valence-electron chi connectivity index (χ1n) is 9.69. The van der Waals surface area contributed by atoms with Crippen molar-refractivity contribution in [2.24, 2.45) is 0 Å². The van der Waals surface area contributed by atoms with E-state index in [1.807, 2.05) is 43.3 Å². The van der Waals surface area contributed by atoms with Crippen LogP contribution in [-0.4, -0.2) is 25.2 Å². The smallest absolute Gasteiger partial charge is 0.242 e. The predicted octanol–water partition coefficient (Wildman–Crippen LogP) is 4.31. The molecule has 0 bridgehead atoms. The minimum atomic E-state index is -0.363. The van der Waals surface area contributed by atoms with Gasteiger partial charge in [-0.25, -0.2) is 0 Å². The van der Waals surface area contributed by atoms with Crippen LogP contribution in [0.1, 0.15) is 44.7 Å². The summed E-state index contributed by atoms with van der Waals surface area (Å²) in [6.45, 7) is 5.30. The predicted molar refractivity (Wildman–Crippen MR) is 107 cm³/mol. The molecule has 27 heavy (non-hydrogen) atoms. The molecule has 1 aliphatic heterocycles. The Bertz CT molecular complexity index is 748. The van der Waals surface area contributed by atoms with Crippen molar-refractivity contribution in [1.29, 1.82) is 0 Å². The highest BCUT2D eigenvalue weighted by Crippen LogP contribution is 2.32. The lowest BCUT2D eigenvalue weighted by Crippen LogP contribution is -2.39. The van der Waals surface area contributed by atoms with Crippen molar-refractivity contribution in [3.05, 3.63) is 54.1 Å². The van der Waals surface area contributed by atoms with Crippen LogP contribution in [0.4, 0.5) is 5.69 Å². The summed E-state index contributed by atoms with van der Waals surface area (Å²) in [5, 5.41) is 6.43. The van der Waals surface area contributed by atoms with Crippen LogP contribution in [-0.2, 0) is 4.79 Å². The fourth-order valence-electron chi connectivity index (χ4n) is 3.16. The molecule has 3 rings (SSSR count). The topological polar surface area (TPSA) is 59.6 Å². The van der Waals surface area contributed by atoms with E-state index in [-0.39, 0.29) is 18.0 Å². The SMILES string of the molecule is CCCC(NC(=O)C(C)Nc1ccc2c(c1)OCCCO2)c1ccccc1. The third-order valence-electron chi connectivity index (χ3n) is 4.62. The number of anilines is 1. The van der Waals surface area contributed by atoms with E-state index in [1.54, 1.807) is 0 Å². The van der Waals surface area contributed by atoms with Crippen molar-refractivity contribution in [2.75, 3.05) is 18.5 Å². The van der Waals surface area contributed by atoms with Gasteiger partial charge in [-0.1, -0.05) is 43.7 Å². The number of hydrogen-bond donors (Lipinski definition) is 2. The summed E-state index contributed by atoms with van der Waals surface area (Å²) in [6, 6.07) is 15.5. The molecule has 2 atom stereocenters. The van der Waals surface area contributed by atoms with E-state index >= 15 is 0 Å². The van der Waals surface area contributed by atoms with Gasteiger partial charge in [0.1, 0.15) is 6.04 Å². The highest BCUT2D eigenvalue weighted by molar-refractivity contribution is 5.84. The molecule has 2 aromatic rings. The lowest BCUT2D eigenvalue weighted by molar-refractivity contribution is -0.122. The fraction of sp³-hybridized carbons (Fsp3) is 0.409. The summed E-state index contributed by atoms with van der Waals surface area (Å²) in [5.41, 5.74) is 1.98. The molecule has 144 valence electrons. The summed E-state index contributed by atoms with van der Waals surface area (Å²) in [6.07, 6.45) is 2.78. The van der Waals surface area contributed by atoms with Crippen LogP contribution in [0, 0.1) is 0 Å². The number of fused-ring (bicyclic) bond motifs is 1. The number of hydrogen-bond acceptors (Lipinski definition) is 4.